The van der Waals surface area contributed by atoms with Crippen molar-refractivity contribution in [2.24, 2.45) is 5.73 Å². The molecule has 0 bridgehead atoms. The molecule has 0 aromatic heterocycles. The van der Waals surface area contributed by atoms with Crippen LogP contribution in [0.3, 0.4) is 0 Å². The van der Waals surface area contributed by atoms with E-state index in [0.717, 1.165) is 12.1 Å². The van der Waals surface area contributed by atoms with Crippen LogP contribution in [0, 0.1) is 5.82 Å². The fourth-order valence-electron chi connectivity index (χ4n) is 0.949. The van der Waals surface area contributed by atoms with E-state index in [1.54, 1.807) is 0 Å². The Morgan fingerprint density at radius 2 is 2.14 bits per heavy atom. The van der Waals surface area contributed by atoms with Gasteiger partial charge in [0.25, 0.3) is 0 Å². The molecule has 0 fully saturated rings. The number of carboxylic acid groups (broad SMARTS) is 1. The monoisotopic (exact) mass is 218 g/mol. The standard InChI is InChI=1S/C8H8ClFN2O2/c9-4-2-6(11)5(10)1-3(4)7(12)8(13)14/h1-2,7H,11-12H2,(H,13,14)/t7-/m1/s1. The van der Waals surface area contributed by atoms with Gasteiger partial charge in [0.1, 0.15) is 11.9 Å². The average Bonchev–Trinajstić information content (AvgIpc) is 2.10. The minimum atomic E-state index is -1.35. The maximum atomic E-state index is 13.0. The van der Waals surface area contributed by atoms with Crippen LogP contribution in [0.4, 0.5) is 10.1 Å². The molecule has 0 heterocycles. The smallest absolute Gasteiger partial charge is 0.325 e. The van der Waals surface area contributed by atoms with Gasteiger partial charge in [-0.1, -0.05) is 11.6 Å². The third-order valence-electron chi connectivity index (χ3n) is 1.72. The fraction of sp³-hybridized carbons (Fsp3) is 0.125. The van der Waals surface area contributed by atoms with Gasteiger partial charge < -0.3 is 16.6 Å². The van der Waals surface area contributed by atoms with Gasteiger partial charge in [0.05, 0.1) is 5.69 Å². The Kier molecular flexibility index (Phi) is 2.93. The van der Waals surface area contributed by atoms with Crippen molar-refractivity contribution in [3.05, 3.63) is 28.5 Å². The first-order valence-corrected chi connectivity index (χ1v) is 4.04. The van der Waals surface area contributed by atoms with Gasteiger partial charge >= 0.3 is 5.97 Å². The number of benzene rings is 1. The zero-order valence-electron chi connectivity index (χ0n) is 7.00. The van der Waals surface area contributed by atoms with Gasteiger partial charge in [0.15, 0.2) is 0 Å². The number of aliphatic carboxylic acids is 1. The number of anilines is 1. The molecule has 0 radical (unpaired) electrons. The number of halogens is 2. The summed E-state index contributed by atoms with van der Waals surface area (Å²) < 4.78 is 13.0. The number of carboxylic acids is 1. The second kappa shape index (κ2) is 3.81. The maximum Gasteiger partial charge on any atom is 0.325 e. The Labute approximate surface area is 84.3 Å². The first-order chi connectivity index (χ1) is 6.43. The Hall–Kier alpha value is -1.33. The molecular weight excluding hydrogens is 211 g/mol. The summed E-state index contributed by atoms with van der Waals surface area (Å²) in [4.78, 5) is 10.5. The number of hydrogen-bond donors (Lipinski definition) is 3. The summed E-state index contributed by atoms with van der Waals surface area (Å²) in [6.07, 6.45) is 0. The van der Waals surface area contributed by atoms with Crippen molar-refractivity contribution in [2.75, 3.05) is 5.73 Å². The van der Waals surface area contributed by atoms with E-state index in [9.17, 15) is 9.18 Å². The summed E-state index contributed by atoms with van der Waals surface area (Å²) in [5.41, 5.74) is 10.3. The van der Waals surface area contributed by atoms with Crippen LogP contribution < -0.4 is 11.5 Å². The molecule has 0 unspecified atom stereocenters. The van der Waals surface area contributed by atoms with Gasteiger partial charge in [-0.3, -0.25) is 4.79 Å². The molecule has 5 N–H and O–H groups in total. The normalized spacial score (nSPS) is 12.5. The molecule has 0 spiro atoms. The van der Waals surface area contributed by atoms with Crippen molar-refractivity contribution in [3.8, 4) is 0 Å². The lowest BCUT2D eigenvalue weighted by molar-refractivity contribution is -0.138. The predicted octanol–water partition coefficient (Wildman–Crippen LogP) is 1.15. The van der Waals surface area contributed by atoms with Crippen LogP contribution in [0.5, 0.6) is 0 Å². The minimum absolute atomic E-state index is 0.00543. The molecule has 0 saturated heterocycles. The van der Waals surface area contributed by atoms with Gasteiger partial charge in [-0.2, -0.15) is 0 Å². The molecule has 0 amide bonds. The summed E-state index contributed by atoms with van der Waals surface area (Å²) in [6.45, 7) is 0. The summed E-state index contributed by atoms with van der Waals surface area (Å²) in [5, 5.41) is 8.62. The lowest BCUT2D eigenvalue weighted by Gasteiger charge is -2.09. The molecule has 1 rings (SSSR count). The van der Waals surface area contributed by atoms with Crippen LogP contribution in [0.2, 0.25) is 5.02 Å². The van der Waals surface area contributed by atoms with E-state index in [0.29, 0.717) is 0 Å². The average molecular weight is 219 g/mol. The van der Waals surface area contributed by atoms with Gasteiger partial charge in [-0.05, 0) is 12.1 Å². The number of rotatable bonds is 2. The van der Waals surface area contributed by atoms with Crippen molar-refractivity contribution in [1.29, 1.82) is 0 Å². The maximum absolute atomic E-state index is 13.0. The van der Waals surface area contributed by atoms with Crippen LogP contribution in [0.1, 0.15) is 11.6 Å². The third kappa shape index (κ3) is 1.94. The van der Waals surface area contributed by atoms with Crippen LogP contribution >= 0.6 is 11.6 Å². The lowest BCUT2D eigenvalue weighted by Crippen LogP contribution is -2.21. The Morgan fingerprint density at radius 3 is 2.64 bits per heavy atom. The highest BCUT2D eigenvalue weighted by Crippen LogP contribution is 2.26. The van der Waals surface area contributed by atoms with Crippen LogP contribution in [-0.4, -0.2) is 11.1 Å². The topological polar surface area (TPSA) is 89.3 Å². The summed E-state index contributed by atoms with van der Waals surface area (Å²) in [5.74, 6) is -2.02. The zero-order chi connectivity index (χ0) is 10.9. The number of hydrogen-bond acceptors (Lipinski definition) is 3. The van der Waals surface area contributed by atoms with Crippen molar-refractivity contribution >= 4 is 23.3 Å². The molecule has 0 aliphatic heterocycles. The van der Waals surface area contributed by atoms with E-state index >= 15 is 0 Å². The lowest BCUT2D eigenvalue weighted by atomic mass is 10.1. The molecule has 6 heteroatoms. The number of nitrogen functional groups attached to an aromatic ring is 1. The van der Waals surface area contributed by atoms with Gasteiger partial charge in [-0.25, -0.2) is 4.39 Å². The second-order valence-corrected chi connectivity index (χ2v) is 3.12. The second-order valence-electron chi connectivity index (χ2n) is 2.71. The van der Waals surface area contributed by atoms with Crippen LogP contribution in [0.15, 0.2) is 12.1 Å². The van der Waals surface area contributed by atoms with Crippen molar-refractivity contribution in [2.45, 2.75) is 6.04 Å². The Morgan fingerprint density at radius 1 is 1.57 bits per heavy atom. The zero-order valence-corrected chi connectivity index (χ0v) is 7.75. The van der Waals surface area contributed by atoms with Gasteiger partial charge in [0.2, 0.25) is 0 Å². The fourth-order valence-corrected chi connectivity index (χ4v) is 1.24. The predicted molar refractivity (Wildman–Crippen MR) is 50.4 cm³/mol. The summed E-state index contributed by atoms with van der Waals surface area (Å²) >= 11 is 5.65. The number of carbonyl (C=O) groups is 1. The molecule has 0 saturated carbocycles. The third-order valence-corrected chi connectivity index (χ3v) is 2.04. The first kappa shape index (κ1) is 10.7. The Bertz CT molecular complexity index is 384. The van der Waals surface area contributed by atoms with E-state index in [-0.39, 0.29) is 16.3 Å². The molecule has 4 nitrogen and oxygen atoms in total. The highest BCUT2D eigenvalue weighted by atomic mass is 35.5. The molecular formula is C8H8ClFN2O2. The van der Waals surface area contributed by atoms with E-state index in [1.807, 2.05) is 0 Å². The van der Waals surface area contributed by atoms with E-state index in [2.05, 4.69) is 0 Å². The van der Waals surface area contributed by atoms with Crippen molar-refractivity contribution < 1.29 is 14.3 Å². The van der Waals surface area contributed by atoms with Crippen LogP contribution in [-0.2, 0) is 4.79 Å². The molecule has 14 heavy (non-hydrogen) atoms. The molecule has 1 aromatic carbocycles. The highest BCUT2D eigenvalue weighted by Gasteiger charge is 2.19. The Balaban J connectivity index is 3.22. The van der Waals surface area contributed by atoms with Crippen LogP contribution in [0.25, 0.3) is 0 Å². The van der Waals surface area contributed by atoms with E-state index in [4.69, 9.17) is 28.2 Å². The van der Waals surface area contributed by atoms with Gasteiger partial charge in [-0.15, -0.1) is 0 Å². The highest BCUT2D eigenvalue weighted by molar-refractivity contribution is 6.31. The van der Waals surface area contributed by atoms with Crippen molar-refractivity contribution in [3.63, 3.8) is 0 Å². The molecule has 0 aliphatic rings. The SMILES string of the molecule is Nc1cc(Cl)c([C@@H](N)C(=O)O)cc1F. The van der Waals surface area contributed by atoms with Crippen molar-refractivity contribution in [1.82, 2.24) is 0 Å². The van der Waals surface area contributed by atoms with Gasteiger partial charge in [0, 0.05) is 10.6 Å². The molecule has 1 atom stereocenters. The first-order valence-electron chi connectivity index (χ1n) is 3.66. The largest absolute Gasteiger partial charge is 0.480 e. The molecule has 76 valence electrons. The summed E-state index contributed by atoms with van der Waals surface area (Å²) in [7, 11) is 0. The molecule has 1 aromatic rings. The summed E-state index contributed by atoms with van der Waals surface area (Å²) in [6, 6.07) is 0.712. The van der Waals surface area contributed by atoms with E-state index in [1.165, 1.54) is 0 Å². The molecule has 0 aliphatic carbocycles. The minimum Gasteiger partial charge on any atom is -0.480 e. The number of nitrogens with two attached hydrogens (primary N) is 2. The quantitative estimate of drug-likeness (QED) is 0.650. The van der Waals surface area contributed by atoms with E-state index < -0.39 is 17.8 Å².